The third-order valence-electron chi connectivity index (χ3n) is 4.95. The quantitative estimate of drug-likeness (QED) is 0.155. The van der Waals surface area contributed by atoms with Gasteiger partial charge in [0.05, 0.1) is 47.2 Å². The van der Waals surface area contributed by atoms with Gasteiger partial charge in [0.25, 0.3) is 0 Å². The molecule has 2 heterocycles. The van der Waals surface area contributed by atoms with Crippen LogP contribution in [0.25, 0.3) is 22.8 Å². The number of carboxylic acids is 6. The van der Waals surface area contributed by atoms with Crippen LogP contribution < -0.4 is 30.6 Å². The van der Waals surface area contributed by atoms with E-state index < -0.39 is 58.6 Å². The molecule has 2 aromatic carbocycles. The van der Waals surface area contributed by atoms with Gasteiger partial charge in [0.15, 0.2) is 0 Å². The standard InChI is InChI=1S/2C12H8N2O6.3H2O.3Sr/c2*15-10(16)6-3-1-2-5(4-6)9-13-7(11(17)18)8(14-9)12(19)20;;;;;;/h2*1-4H,(H,13,14)(H,15,16)(H,17,18)(H,19,20);3*1H2;;;/q;;;;;3*+2/p-6. The van der Waals surface area contributed by atoms with Crippen LogP contribution in [0.4, 0.5) is 0 Å². The van der Waals surface area contributed by atoms with Crippen molar-refractivity contribution in [1.82, 2.24) is 19.9 Å². The van der Waals surface area contributed by atoms with E-state index in [0.29, 0.717) is 0 Å². The summed E-state index contributed by atoms with van der Waals surface area (Å²) in [5.74, 6) is -10.2. The molecule has 4 aromatic rings. The van der Waals surface area contributed by atoms with Crippen molar-refractivity contribution in [2.75, 3.05) is 0 Å². The minimum absolute atomic E-state index is 0. The summed E-state index contributed by atoms with van der Waals surface area (Å²) in [4.78, 5) is 76.1. The predicted molar refractivity (Wildman–Crippen MR) is 142 cm³/mol. The van der Waals surface area contributed by atoms with Crippen LogP contribution in [0.5, 0.6) is 0 Å². The molecule has 19 nitrogen and oxygen atoms in total. The summed E-state index contributed by atoms with van der Waals surface area (Å²) < 4.78 is 0. The molecule has 22 heteroatoms. The molecule has 0 aliphatic rings. The van der Waals surface area contributed by atoms with Gasteiger partial charge in [0, 0.05) is 11.1 Å². The summed E-state index contributed by atoms with van der Waals surface area (Å²) in [5.41, 5.74) is -3.10. The molecule has 2 aromatic heterocycles. The van der Waals surface area contributed by atoms with Crippen LogP contribution in [0.15, 0.2) is 48.5 Å². The molecule has 0 atom stereocenters. The van der Waals surface area contributed by atoms with E-state index >= 15 is 0 Å². The van der Waals surface area contributed by atoms with E-state index in [-0.39, 0.29) is 187 Å². The number of aromatic carboxylic acids is 6. The normalized spacial score (nSPS) is 8.87. The Morgan fingerprint density at radius 1 is 0.478 bits per heavy atom. The first-order chi connectivity index (χ1) is 18.8. The molecular formula is C24H16N4O15Sr3. The molecule has 228 valence electrons. The second kappa shape index (κ2) is 22.5. The topological polar surface area (TPSA) is 393 Å². The van der Waals surface area contributed by atoms with Crippen LogP contribution in [-0.4, -0.2) is 209 Å². The van der Waals surface area contributed by atoms with Crippen LogP contribution in [0.3, 0.4) is 0 Å². The van der Waals surface area contributed by atoms with Crippen molar-refractivity contribution in [2.45, 2.75) is 0 Å². The maximum atomic E-state index is 10.8. The van der Waals surface area contributed by atoms with Gasteiger partial charge in [-0.2, -0.15) is 0 Å². The number of hydrogen-bond donors (Lipinski definition) is 2. The number of nitrogens with zero attached hydrogens (tertiary/aromatic N) is 2. The fourth-order valence-electron chi connectivity index (χ4n) is 3.20. The minimum atomic E-state index is -1.79. The second-order valence-corrected chi connectivity index (χ2v) is 7.50. The molecule has 0 unspecified atom stereocenters. The molecule has 0 fully saturated rings. The number of carboxylic acid groups (broad SMARTS) is 6. The van der Waals surface area contributed by atoms with Crippen LogP contribution in [-0.2, 0) is 0 Å². The molecule has 0 saturated heterocycles. The third-order valence-corrected chi connectivity index (χ3v) is 4.95. The first-order valence-electron chi connectivity index (χ1n) is 10.5. The molecule has 0 aliphatic carbocycles. The van der Waals surface area contributed by atoms with Crippen LogP contribution >= 0.6 is 0 Å². The zero-order chi connectivity index (χ0) is 29.7. The number of carbonyl (C=O) groups excluding carboxylic acids is 6. The largest absolute Gasteiger partial charge is 2.00 e. The zero-order valence-corrected chi connectivity index (χ0v) is 33.5. The summed E-state index contributed by atoms with van der Waals surface area (Å²) >= 11 is 0. The molecule has 0 aliphatic heterocycles. The Bertz CT molecular complexity index is 1520. The average Bonchev–Trinajstić information content (AvgIpc) is 3.55. The van der Waals surface area contributed by atoms with Gasteiger partial charge < -0.3 is 85.8 Å². The summed E-state index contributed by atoms with van der Waals surface area (Å²) in [7, 11) is 0. The third kappa shape index (κ3) is 12.9. The Hall–Kier alpha value is -2.00. The SMILES string of the molecule is O.O.O.O=C([O-])c1cccc(-c2nc(C(=O)[O-])c(C(=O)[O-])[nH]2)c1.O=C([O-])c1cccc(-c2nc(C(=O)[O-])c(C(=O)[O-])[nH]2)c1.[Sr+2].[Sr+2].[Sr+2]. The van der Waals surface area contributed by atoms with Gasteiger partial charge in [-0.1, -0.05) is 36.4 Å². The van der Waals surface area contributed by atoms with Crippen LogP contribution in [0.2, 0.25) is 0 Å². The number of carbonyl (C=O) groups is 6. The van der Waals surface area contributed by atoms with Crippen molar-refractivity contribution in [3.8, 4) is 22.8 Å². The maximum Gasteiger partial charge on any atom is 2.00 e. The fraction of sp³-hybridized carbons (Fsp3) is 0. The number of aromatic amines is 2. The predicted octanol–water partition coefficient (Wildman–Crippen LogP) is -9.28. The van der Waals surface area contributed by atoms with E-state index in [2.05, 4.69) is 19.9 Å². The van der Waals surface area contributed by atoms with Crippen molar-refractivity contribution < 1.29 is 75.8 Å². The Morgan fingerprint density at radius 3 is 1.00 bits per heavy atom. The van der Waals surface area contributed by atoms with E-state index in [1.54, 1.807) is 0 Å². The van der Waals surface area contributed by atoms with E-state index in [4.69, 9.17) is 0 Å². The van der Waals surface area contributed by atoms with Gasteiger partial charge >= 0.3 is 136 Å². The molecule has 46 heavy (non-hydrogen) atoms. The zero-order valence-electron chi connectivity index (χ0n) is 23.0. The van der Waals surface area contributed by atoms with E-state index in [0.717, 1.165) is 12.1 Å². The van der Waals surface area contributed by atoms with Crippen molar-refractivity contribution in [2.24, 2.45) is 0 Å². The molecule has 0 radical (unpaired) electrons. The summed E-state index contributed by atoms with van der Waals surface area (Å²) in [6.45, 7) is 0. The molecule has 8 N–H and O–H groups in total. The van der Waals surface area contributed by atoms with Crippen molar-refractivity contribution in [3.63, 3.8) is 0 Å². The molecule has 0 spiro atoms. The molecule has 0 amide bonds. The Kier molecular flexibility index (Phi) is 24.9. The number of benzene rings is 2. The number of nitrogens with one attached hydrogen (secondary N) is 2. The van der Waals surface area contributed by atoms with Crippen LogP contribution in [0.1, 0.15) is 62.7 Å². The first kappa shape index (κ1) is 50.8. The van der Waals surface area contributed by atoms with Gasteiger partial charge in [-0.15, -0.1) is 0 Å². The number of rotatable bonds is 8. The summed E-state index contributed by atoms with van der Waals surface area (Å²) in [6.07, 6.45) is 0. The first-order valence-corrected chi connectivity index (χ1v) is 10.5. The van der Waals surface area contributed by atoms with Gasteiger partial charge in [-0.05, 0) is 23.3 Å². The Labute approximate surface area is 367 Å². The van der Waals surface area contributed by atoms with Gasteiger partial charge in [-0.3, -0.25) is 0 Å². The Morgan fingerprint density at radius 2 is 0.783 bits per heavy atom. The van der Waals surface area contributed by atoms with E-state index in [1.807, 2.05) is 0 Å². The van der Waals surface area contributed by atoms with Gasteiger partial charge in [0.1, 0.15) is 23.0 Å². The van der Waals surface area contributed by atoms with E-state index in [9.17, 15) is 59.4 Å². The summed E-state index contributed by atoms with van der Waals surface area (Å²) in [5, 5.41) is 64.5. The fourth-order valence-corrected chi connectivity index (χ4v) is 3.20. The number of imidazole rings is 2. The molecule has 0 bridgehead atoms. The second-order valence-electron chi connectivity index (χ2n) is 7.50. The number of aromatic nitrogens is 4. The Balaban J connectivity index is -0.000000339. The van der Waals surface area contributed by atoms with E-state index in [1.165, 1.54) is 36.4 Å². The number of hydrogen-bond acceptors (Lipinski definition) is 14. The number of H-pyrrole nitrogens is 2. The molecule has 4 rings (SSSR count). The monoisotopic (exact) mass is 864 g/mol. The van der Waals surface area contributed by atoms with Crippen LogP contribution in [0, 0.1) is 0 Å². The summed E-state index contributed by atoms with van der Waals surface area (Å²) in [6, 6.07) is 10.4. The minimum Gasteiger partial charge on any atom is -0.545 e. The molecular weight excluding hydrogens is 847 g/mol. The van der Waals surface area contributed by atoms with Gasteiger partial charge in [0.2, 0.25) is 0 Å². The smallest absolute Gasteiger partial charge is 0.545 e. The van der Waals surface area contributed by atoms with Gasteiger partial charge in [-0.25, -0.2) is 9.97 Å². The van der Waals surface area contributed by atoms with Crippen molar-refractivity contribution in [1.29, 1.82) is 0 Å². The molecule has 0 saturated carbocycles. The van der Waals surface area contributed by atoms with Crippen molar-refractivity contribution >= 4 is 172 Å². The average molecular weight is 863 g/mol. The maximum absolute atomic E-state index is 10.8. The van der Waals surface area contributed by atoms with Crippen molar-refractivity contribution in [3.05, 3.63) is 82.4 Å².